The molecule has 0 saturated heterocycles. The fourth-order valence-corrected chi connectivity index (χ4v) is 0.827. The van der Waals surface area contributed by atoms with Crippen LogP contribution < -0.4 is 0 Å². The molecule has 0 saturated carbocycles. The quantitative estimate of drug-likeness (QED) is 0.442. The predicted molar refractivity (Wildman–Crippen MR) is 55.7 cm³/mol. The SMILES string of the molecule is C=CCCCSC.[Br][Pt][Br]. The average Bonchev–Trinajstić information content (AvgIpc) is 1.91. The first-order chi connectivity index (χ1) is 4.83. The van der Waals surface area contributed by atoms with Crippen LogP contribution in [0.15, 0.2) is 12.7 Å². The summed E-state index contributed by atoms with van der Waals surface area (Å²) in [4.78, 5) is 0. The Balaban J connectivity index is 0. The second-order valence-corrected chi connectivity index (χ2v) is 12.4. The van der Waals surface area contributed by atoms with Gasteiger partial charge in [0.2, 0.25) is 0 Å². The molecule has 0 aromatic heterocycles. The average molecular weight is 471 g/mol. The molecule has 0 aromatic carbocycles. The van der Waals surface area contributed by atoms with Crippen molar-refractivity contribution in [2.45, 2.75) is 12.8 Å². The summed E-state index contributed by atoms with van der Waals surface area (Å²) in [5.41, 5.74) is 0. The molecular weight excluding hydrogens is 459 g/mol. The van der Waals surface area contributed by atoms with Crippen molar-refractivity contribution in [1.82, 2.24) is 0 Å². The van der Waals surface area contributed by atoms with Gasteiger partial charge in [0, 0.05) is 0 Å². The number of rotatable bonds is 4. The standard InChI is InChI=1S/C6H12S.2BrH.Pt/c1-3-4-5-6-7-2;;;/h3H,1,4-6H2,2H3;2*1H;/q;;;+2/p-2. The molecule has 0 spiro atoms. The fraction of sp³-hybridized carbons (Fsp3) is 0.667. The molecule has 10 heavy (non-hydrogen) atoms. The van der Waals surface area contributed by atoms with Crippen LogP contribution in [0.2, 0.25) is 0 Å². The van der Waals surface area contributed by atoms with Gasteiger partial charge in [-0.1, -0.05) is 6.08 Å². The van der Waals surface area contributed by atoms with Gasteiger partial charge in [0.1, 0.15) is 0 Å². The molecule has 66 valence electrons. The number of halogens is 2. The van der Waals surface area contributed by atoms with E-state index in [1.165, 1.54) is 18.6 Å². The van der Waals surface area contributed by atoms with E-state index < -0.39 is 0 Å². The van der Waals surface area contributed by atoms with Gasteiger partial charge in [-0.2, -0.15) is 11.8 Å². The van der Waals surface area contributed by atoms with Crippen LogP contribution in [0.4, 0.5) is 0 Å². The number of hydrogen-bond acceptors (Lipinski definition) is 1. The van der Waals surface area contributed by atoms with E-state index in [0.29, 0.717) is 0 Å². The first-order valence-corrected chi connectivity index (χ1v) is 14.1. The Labute approximate surface area is 89.4 Å². The third-order valence-corrected chi connectivity index (χ3v) is 1.45. The maximum atomic E-state index is 3.62. The summed E-state index contributed by atoms with van der Waals surface area (Å²) in [6.45, 7) is 3.62. The van der Waals surface area contributed by atoms with Crippen molar-refractivity contribution in [2.75, 3.05) is 12.0 Å². The first kappa shape index (κ1) is 14.3. The van der Waals surface area contributed by atoms with Gasteiger partial charge in [-0.05, 0) is 24.9 Å². The van der Waals surface area contributed by atoms with E-state index in [4.69, 9.17) is 0 Å². The molecule has 0 unspecified atom stereocenters. The molecule has 0 aliphatic heterocycles. The van der Waals surface area contributed by atoms with Gasteiger partial charge >= 0.3 is 41.0 Å². The summed E-state index contributed by atoms with van der Waals surface area (Å²) < 4.78 is 0. The molecule has 0 atom stereocenters. The summed E-state index contributed by atoms with van der Waals surface area (Å²) in [7, 11) is 0. The van der Waals surface area contributed by atoms with E-state index in [0.717, 1.165) is 0 Å². The van der Waals surface area contributed by atoms with Crippen molar-refractivity contribution in [1.29, 1.82) is 0 Å². The van der Waals surface area contributed by atoms with Crippen molar-refractivity contribution in [3.63, 3.8) is 0 Å². The van der Waals surface area contributed by atoms with Crippen LogP contribution in [0.25, 0.3) is 0 Å². The van der Waals surface area contributed by atoms with Crippen LogP contribution in [-0.4, -0.2) is 12.0 Å². The molecule has 0 heterocycles. The van der Waals surface area contributed by atoms with E-state index >= 15 is 0 Å². The van der Waals surface area contributed by atoms with Crippen LogP contribution in [0.5, 0.6) is 0 Å². The zero-order valence-corrected chi connectivity index (χ0v) is 12.1. The van der Waals surface area contributed by atoms with Crippen LogP contribution in [0, 0.1) is 0 Å². The Bertz CT molecular complexity index is 61.7. The second kappa shape index (κ2) is 17.0. The van der Waals surface area contributed by atoms with Crippen molar-refractivity contribution in [2.24, 2.45) is 0 Å². The summed E-state index contributed by atoms with van der Waals surface area (Å²) in [6, 6.07) is 0. The Kier molecular flexibility index (Phi) is 24.3. The summed E-state index contributed by atoms with van der Waals surface area (Å²) >= 11 is 8.45. The summed E-state index contributed by atoms with van der Waals surface area (Å²) in [6.07, 6.45) is 6.55. The van der Waals surface area contributed by atoms with Gasteiger partial charge in [-0.25, -0.2) is 0 Å². The summed E-state index contributed by atoms with van der Waals surface area (Å²) in [5, 5.41) is 0. The molecule has 0 aliphatic rings. The van der Waals surface area contributed by atoms with Crippen LogP contribution >= 0.6 is 38.4 Å². The van der Waals surface area contributed by atoms with E-state index in [2.05, 4.69) is 39.4 Å². The van der Waals surface area contributed by atoms with Gasteiger partial charge in [0.05, 0.1) is 0 Å². The number of unbranched alkanes of at least 4 members (excludes halogenated alkanes) is 1. The third kappa shape index (κ3) is 22.6. The van der Waals surface area contributed by atoms with Crippen molar-refractivity contribution < 1.29 is 14.5 Å². The third-order valence-electron chi connectivity index (χ3n) is 0.757. The normalized spacial score (nSPS) is 8.30. The minimum atomic E-state index is 0.208. The molecule has 0 aliphatic carbocycles. The van der Waals surface area contributed by atoms with E-state index in [1.807, 2.05) is 17.8 Å². The maximum absolute atomic E-state index is 3.62. The Morgan fingerprint density at radius 3 is 2.40 bits per heavy atom. The molecule has 0 nitrogen and oxygen atoms in total. The Morgan fingerprint density at radius 2 is 2.10 bits per heavy atom. The minimum absolute atomic E-state index is 0.208. The zero-order valence-electron chi connectivity index (χ0n) is 5.89. The number of allylic oxidation sites excluding steroid dienone is 1. The van der Waals surface area contributed by atoms with E-state index in [9.17, 15) is 0 Å². The monoisotopic (exact) mass is 469 g/mol. The molecule has 0 aromatic rings. The molecule has 0 N–H and O–H groups in total. The zero-order chi connectivity index (χ0) is 8.24. The van der Waals surface area contributed by atoms with Gasteiger partial charge in [-0.3, -0.25) is 0 Å². The summed E-state index contributed by atoms with van der Waals surface area (Å²) in [5.74, 6) is 1.27. The number of hydrogen-bond donors (Lipinski definition) is 0. The van der Waals surface area contributed by atoms with Gasteiger partial charge in [0.25, 0.3) is 0 Å². The molecule has 0 rings (SSSR count). The molecule has 4 heteroatoms. The second-order valence-electron chi connectivity index (χ2n) is 1.47. The first-order valence-electron chi connectivity index (χ1n) is 2.75. The van der Waals surface area contributed by atoms with Crippen molar-refractivity contribution in [3.05, 3.63) is 12.7 Å². The molecular formula is C6H12Br2PtS. The van der Waals surface area contributed by atoms with Gasteiger partial charge in [0.15, 0.2) is 0 Å². The van der Waals surface area contributed by atoms with Crippen molar-refractivity contribution >= 4 is 38.4 Å². The van der Waals surface area contributed by atoms with Crippen LogP contribution in [0.1, 0.15) is 12.8 Å². The van der Waals surface area contributed by atoms with Crippen LogP contribution in [-0.2, 0) is 14.5 Å². The van der Waals surface area contributed by atoms with E-state index in [-0.39, 0.29) is 14.5 Å². The predicted octanol–water partition coefficient (Wildman–Crippen LogP) is 4.00. The Hall–Kier alpha value is 1.74. The van der Waals surface area contributed by atoms with Crippen LogP contribution in [0.3, 0.4) is 0 Å². The van der Waals surface area contributed by atoms with Gasteiger partial charge < -0.3 is 0 Å². The topological polar surface area (TPSA) is 0 Å². The Morgan fingerprint density at radius 1 is 1.60 bits per heavy atom. The molecule has 0 amide bonds. The molecule has 0 fully saturated rings. The van der Waals surface area contributed by atoms with E-state index in [1.54, 1.807) is 0 Å². The van der Waals surface area contributed by atoms with Gasteiger partial charge in [-0.15, -0.1) is 6.58 Å². The molecule has 0 radical (unpaired) electrons. The molecule has 0 bridgehead atoms. The number of thioether (sulfide) groups is 1. The fourth-order valence-electron chi connectivity index (χ4n) is 0.372. The van der Waals surface area contributed by atoms with Crippen molar-refractivity contribution in [3.8, 4) is 0 Å².